The second-order valence-corrected chi connectivity index (χ2v) is 16.1. The van der Waals surface area contributed by atoms with Crippen LogP contribution in [0.15, 0.2) is 12.3 Å². The molecule has 284 valence electrons. The third-order valence-electron chi connectivity index (χ3n) is 12.7. The molecular formula is C36H46F4N6O6. The number of likely N-dealkylation sites (tertiary alicyclic amines) is 2. The Labute approximate surface area is 300 Å². The lowest BCUT2D eigenvalue weighted by Crippen LogP contribution is -2.59. The van der Waals surface area contributed by atoms with Crippen LogP contribution in [-0.4, -0.2) is 101 Å². The van der Waals surface area contributed by atoms with Gasteiger partial charge >= 0.3 is 11.9 Å². The standard InChI is InChI=1S/C36H46F4N6O6/c37-35(38)17-25(19-41)45(23-35)21-27(47)43-33-9-3-31(4-10-33,5-11-33)29(49)51-15-1-2-16-52-30(50)32-6-12-34(13-7-32,14-8-32)44-28(48)22-46-24-36(39,40)18-26(46)20-42/h1,15,25-26H,2-14,16-18,21-24H2,(H,43,47)(H,44,48)/b15-1+/t25-,26-,31?,32?,33?,34?/m0/s1. The van der Waals surface area contributed by atoms with Crippen molar-refractivity contribution in [3.8, 4) is 12.1 Å². The maximum Gasteiger partial charge on any atom is 0.316 e. The van der Waals surface area contributed by atoms with E-state index < -0.39 is 83.6 Å². The number of nitriles is 2. The van der Waals surface area contributed by atoms with Crippen LogP contribution >= 0.6 is 0 Å². The first-order valence-corrected chi connectivity index (χ1v) is 18.2. The third-order valence-corrected chi connectivity index (χ3v) is 12.7. The van der Waals surface area contributed by atoms with Crippen molar-refractivity contribution in [3.63, 3.8) is 0 Å². The van der Waals surface area contributed by atoms with E-state index in [9.17, 15) is 47.3 Å². The Morgan fingerprint density at radius 3 is 1.48 bits per heavy atom. The van der Waals surface area contributed by atoms with Gasteiger partial charge in [-0.15, -0.1) is 0 Å². The SMILES string of the molecule is N#C[C@@H]1CC(F)(F)CN1CC(=O)NC12CCC(C(=O)O/C=C/CCOC(=O)C34CCC(NC(=O)CN5CC(F)(F)C[C@H]5C#N)(CC3)CC4)(CC1)CC2. The van der Waals surface area contributed by atoms with Crippen LogP contribution in [0.3, 0.4) is 0 Å². The maximum atomic E-state index is 13.8. The van der Waals surface area contributed by atoms with E-state index in [1.54, 1.807) is 6.08 Å². The summed E-state index contributed by atoms with van der Waals surface area (Å²) in [5.74, 6) is -7.42. The minimum atomic E-state index is -2.99. The predicted octanol–water partition coefficient (Wildman–Crippen LogP) is 3.86. The second kappa shape index (κ2) is 14.2. The minimum Gasteiger partial charge on any atom is -0.465 e. The van der Waals surface area contributed by atoms with Crippen LogP contribution in [-0.2, 0) is 28.7 Å². The van der Waals surface area contributed by atoms with Gasteiger partial charge in [0.15, 0.2) is 0 Å². The van der Waals surface area contributed by atoms with E-state index in [0.29, 0.717) is 83.5 Å². The van der Waals surface area contributed by atoms with E-state index >= 15 is 0 Å². The molecule has 2 N–H and O–H groups in total. The zero-order valence-corrected chi connectivity index (χ0v) is 29.2. The van der Waals surface area contributed by atoms with Gasteiger partial charge in [-0.2, -0.15) is 10.5 Å². The van der Waals surface area contributed by atoms with Crippen LogP contribution in [0.25, 0.3) is 0 Å². The molecule has 0 aromatic carbocycles. The molecule has 2 heterocycles. The van der Waals surface area contributed by atoms with E-state index in [1.165, 1.54) is 16.1 Å². The predicted molar refractivity (Wildman–Crippen MR) is 174 cm³/mol. The van der Waals surface area contributed by atoms with E-state index in [0.717, 1.165) is 0 Å². The van der Waals surface area contributed by atoms with Gasteiger partial charge in [-0.25, -0.2) is 17.6 Å². The van der Waals surface area contributed by atoms with Gasteiger partial charge < -0.3 is 20.1 Å². The first-order valence-electron chi connectivity index (χ1n) is 18.2. The molecule has 8 rings (SSSR count). The van der Waals surface area contributed by atoms with Gasteiger partial charge in [0.05, 0.1) is 62.0 Å². The van der Waals surface area contributed by atoms with Crippen LogP contribution in [0, 0.1) is 33.5 Å². The summed E-state index contributed by atoms with van der Waals surface area (Å²) < 4.78 is 66.2. The quantitative estimate of drug-likeness (QED) is 0.130. The number of halogens is 4. The lowest BCUT2D eigenvalue weighted by atomic mass is 9.57. The summed E-state index contributed by atoms with van der Waals surface area (Å²) >= 11 is 0. The van der Waals surface area contributed by atoms with Crippen LogP contribution in [0.1, 0.15) is 96.3 Å². The van der Waals surface area contributed by atoms with E-state index in [-0.39, 0.29) is 31.6 Å². The summed E-state index contributed by atoms with van der Waals surface area (Å²) in [6.07, 6.45) is 8.68. The van der Waals surface area contributed by atoms with E-state index in [1.807, 2.05) is 12.1 Å². The summed E-state index contributed by atoms with van der Waals surface area (Å²) in [6, 6.07) is 1.70. The molecule has 0 unspecified atom stereocenters. The molecule has 12 nitrogen and oxygen atoms in total. The Hall–Kier alpha value is -3.76. The van der Waals surface area contributed by atoms with Gasteiger partial charge in [-0.1, -0.05) is 0 Å². The number of rotatable bonds is 12. The number of ether oxygens (including phenoxy) is 2. The highest BCUT2D eigenvalue weighted by Gasteiger charge is 2.56. The highest BCUT2D eigenvalue weighted by atomic mass is 19.3. The van der Waals surface area contributed by atoms with Crippen molar-refractivity contribution in [1.82, 2.24) is 20.4 Å². The summed E-state index contributed by atoms with van der Waals surface area (Å²) in [7, 11) is 0. The molecule has 4 bridgehead atoms. The number of hydrogen-bond acceptors (Lipinski definition) is 10. The molecule has 2 saturated heterocycles. The molecule has 52 heavy (non-hydrogen) atoms. The molecule has 2 atom stereocenters. The molecule has 0 aromatic rings. The number of hydrogen-bond donors (Lipinski definition) is 2. The first-order chi connectivity index (χ1) is 24.5. The summed E-state index contributed by atoms with van der Waals surface area (Å²) in [4.78, 5) is 54.2. The molecule has 16 heteroatoms. The number of fused-ring (bicyclic) bond motifs is 6. The van der Waals surface area contributed by atoms with Crippen LogP contribution in [0.4, 0.5) is 17.6 Å². The van der Waals surface area contributed by atoms with Crippen molar-refractivity contribution in [1.29, 1.82) is 10.5 Å². The van der Waals surface area contributed by atoms with Gasteiger partial charge in [0.1, 0.15) is 12.1 Å². The number of nitrogens with zero attached hydrogens (tertiary/aromatic N) is 4. The zero-order chi connectivity index (χ0) is 37.4. The normalized spacial score (nSPS) is 36.2. The molecule has 2 aliphatic heterocycles. The van der Waals surface area contributed by atoms with Crippen LogP contribution in [0.5, 0.6) is 0 Å². The fraction of sp³-hybridized carbons (Fsp3) is 0.778. The molecular weight excluding hydrogens is 688 g/mol. The van der Waals surface area contributed by atoms with Gasteiger partial charge in [0.2, 0.25) is 11.8 Å². The Bertz CT molecular complexity index is 1510. The molecule has 0 radical (unpaired) electrons. The van der Waals surface area contributed by atoms with E-state index in [4.69, 9.17) is 9.47 Å². The fourth-order valence-corrected chi connectivity index (χ4v) is 9.43. The van der Waals surface area contributed by atoms with E-state index in [2.05, 4.69) is 10.6 Å². The summed E-state index contributed by atoms with van der Waals surface area (Å²) in [5.41, 5.74) is -2.30. The highest BCUT2D eigenvalue weighted by Crippen LogP contribution is 2.54. The van der Waals surface area contributed by atoms with Gasteiger partial charge in [0.25, 0.3) is 11.8 Å². The Morgan fingerprint density at radius 2 is 1.08 bits per heavy atom. The van der Waals surface area contributed by atoms with Crippen molar-refractivity contribution in [2.24, 2.45) is 10.8 Å². The molecule has 8 aliphatic rings. The van der Waals surface area contributed by atoms with Gasteiger partial charge in [-0.3, -0.25) is 29.0 Å². The topological polar surface area (TPSA) is 165 Å². The average molecular weight is 735 g/mol. The monoisotopic (exact) mass is 734 g/mol. The number of nitrogens with one attached hydrogen (secondary N) is 2. The smallest absolute Gasteiger partial charge is 0.316 e. The van der Waals surface area contributed by atoms with Crippen molar-refractivity contribution >= 4 is 23.8 Å². The Kier molecular flexibility index (Phi) is 10.4. The van der Waals surface area contributed by atoms with Crippen molar-refractivity contribution in [3.05, 3.63) is 12.3 Å². The number of carbonyl (C=O) groups is 4. The minimum absolute atomic E-state index is 0.106. The summed E-state index contributed by atoms with van der Waals surface area (Å²) in [6.45, 7) is -1.68. The lowest BCUT2D eigenvalue weighted by Gasteiger charge is -2.52. The Morgan fingerprint density at radius 1 is 0.673 bits per heavy atom. The molecule has 2 amide bonds. The van der Waals surface area contributed by atoms with Crippen molar-refractivity contribution in [2.45, 2.75) is 131 Å². The third kappa shape index (κ3) is 7.93. The molecule has 6 aliphatic carbocycles. The molecule has 8 fully saturated rings. The zero-order valence-electron chi connectivity index (χ0n) is 29.2. The lowest BCUT2D eigenvalue weighted by molar-refractivity contribution is -0.164. The second-order valence-electron chi connectivity index (χ2n) is 16.1. The van der Waals surface area contributed by atoms with Crippen molar-refractivity contribution in [2.75, 3.05) is 32.8 Å². The van der Waals surface area contributed by atoms with Gasteiger partial charge in [0, 0.05) is 30.3 Å². The van der Waals surface area contributed by atoms with Gasteiger partial charge in [-0.05, 0) is 83.1 Å². The first kappa shape index (κ1) is 38.0. The van der Waals surface area contributed by atoms with Crippen molar-refractivity contribution < 1.29 is 46.2 Å². The van der Waals surface area contributed by atoms with Crippen LogP contribution < -0.4 is 10.6 Å². The number of amides is 2. The maximum absolute atomic E-state index is 13.8. The summed E-state index contributed by atoms with van der Waals surface area (Å²) in [5, 5.41) is 24.5. The largest absolute Gasteiger partial charge is 0.465 e. The molecule has 0 spiro atoms. The van der Waals surface area contributed by atoms with Crippen LogP contribution in [0.2, 0.25) is 0 Å². The fourth-order valence-electron chi connectivity index (χ4n) is 9.43. The number of alkyl halides is 4. The number of carbonyl (C=O) groups excluding carboxylic acids is 4. The number of esters is 2. The highest BCUT2D eigenvalue weighted by molar-refractivity contribution is 5.81. The Balaban J connectivity index is 0.875. The molecule has 6 saturated carbocycles. The molecule has 0 aromatic heterocycles. The average Bonchev–Trinajstić information content (AvgIpc) is 3.58.